The molecule has 18 heavy (non-hydrogen) atoms. The molecule has 0 amide bonds. The third-order valence-corrected chi connectivity index (χ3v) is 4.85. The van der Waals surface area contributed by atoms with Gasteiger partial charge in [-0.15, -0.1) is 10.2 Å². The first-order valence-electron chi connectivity index (χ1n) is 5.34. The molecule has 0 atom stereocenters. The predicted octanol–water partition coefficient (Wildman–Crippen LogP) is 4.87. The average molecular weight is 367 g/mol. The van der Waals surface area contributed by atoms with Crippen LogP contribution in [0.15, 0.2) is 16.6 Å². The Morgan fingerprint density at radius 1 is 1.11 bits per heavy atom. The van der Waals surface area contributed by atoms with Crippen LogP contribution in [0.4, 0.5) is 0 Å². The first-order valence-corrected chi connectivity index (χ1v) is 7.27. The largest absolute Gasteiger partial charge is 0.268 e. The average Bonchev–Trinajstić information content (AvgIpc) is 3.12. The Bertz CT molecular complexity index is 622. The molecule has 0 radical (unpaired) electrons. The summed E-state index contributed by atoms with van der Waals surface area (Å²) in [5, 5.41) is 9.23. The van der Waals surface area contributed by atoms with E-state index in [2.05, 4.69) is 26.1 Å². The number of nitrogens with zero attached hydrogens (tertiary/aromatic N) is 3. The van der Waals surface area contributed by atoms with E-state index in [9.17, 15) is 0 Å². The number of aromatic nitrogens is 3. The summed E-state index contributed by atoms with van der Waals surface area (Å²) in [6.45, 7) is 0. The molecule has 0 bridgehead atoms. The van der Waals surface area contributed by atoms with Gasteiger partial charge in [-0.2, -0.15) is 0 Å². The van der Waals surface area contributed by atoms with Crippen LogP contribution in [0.5, 0.6) is 0 Å². The number of rotatable bonds is 2. The summed E-state index contributed by atoms with van der Waals surface area (Å²) < 4.78 is 2.51. The van der Waals surface area contributed by atoms with Crippen LogP contribution in [0.1, 0.15) is 24.6 Å². The van der Waals surface area contributed by atoms with E-state index in [-0.39, 0.29) is 0 Å². The molecule has 1 aromatic heterocycles. The van der Waals surface area contributed by atoms with E-state index in [0.717, 1.165) is 23.1 Å². The second kappa shape index (κ2) is 4.67. The van der Waals surface area contributed by atoms with Gasteiger partial charge in [0.15, 0.2) is 0 Å². The normalized spacial score (nSPS) is 15.1. The van der Waals surface area contributed by atoms with E-state index >= 15 is 0 Å². The lowest BCUT2D eigenvalue weighted by atomic mass is 10.3. The molecule has 1 fully saturated rings. The molecule has 0 spiro atoms. The Hall–Kier alpha value is -0.290. The standard InChI is InChI=1S/C11H7BrCl3N3/c12-6-3-4-7(9(14)8(6)13)18-10(5-1-2-5)16-17-11(18)15/h3-5H,1-2H2. The van der Waals surface area contributed by atoms with Gasteiger partial charge in [0.25, 0.3) is 0 Å². The zero-order chi connectivity index (χ0) is 12.9. The number of halogens is 4. The highest BCUT2D eigenvalue weighted by molar-refractivity contribution is 9.10. The van der Waals surface area contributed by atoms with Gasteiger partial charge in [0.05, 0.1) is 15.7 Å². The molecule has 1 aliphatic carbocycles. The van der Waals surface area contributed by atoms with Crippen molar-refractivity contribution in [3.8, 4) is 5.69 Å². The highest BCUT2D eigenvalue weighted by Crippen LogP contribution is 2.43. The first-order chi connectivity index (χ1) is 8.59. The zero-order valence-corrected chi connectivity index (χ0v) is 12.9. The maximum atomic E-state index is 6.26. The van der Waals surface area contributed by atoms with Crippen LogP contribution in [-0.2, 0) is 0 Å². The summed E-state index contributed by atoms with van der Waals surface area (Å²) in [6, 6.07) is 3.68. The molecule has 1 heterocycles. The summed E-state index contributed by atoms with van der Waals surface area (Å²) in [6.07, 6.45) is 2.22. The number of hydrogen-bond donors (Lipinski definition) is 0. The van der Waals surface area contributed by atoms with Crippen LogP contribution in [0.25, 0.3) is 5.69 Å². The second-order valence-corrected chi connectivity index (χ2v) is 6.08. The van der Waals surface area contributed by atoms with Crippen molar-refractivity contribution in [1.29, 1.82) is 0 Å². The van der Waals surface area contributed by atoms with Gasteiger partial charge in [0, 0.05) is 10.4 Å². The molecular weight excluding hydrogens is 360 g/mol. The van der Waals surface area contributed by atoms with Crippen LogP contribution in [0, 0.1) is 0 Å². The number of benzene rings is 1. The Balaban J connectivity index is 2.21. The van der Waals surface area contributed by atoms with E-state index in [1.807, 2.05) is 12.1 Å². The van der Waals surface area contributed by atoms with Crippen molar-refractivity contribution in [2.24, 2.45) is 0 Å². The predicted molar refractivity (Wildman–Crippen MR) is 76.1 cm³/mol. The van der Waals surface area contributed by atoms with E-state index in [0.29, 0.717) is 26.9 Å². The smallest absolute Gasteiger partial charge is 0.229 e. The first kappa shape index (κ1) is 12.7. The molecule has 3 nitrogen and oxygen atoms in total. The van der Waals surface area contributed by atoms with Crippen LogP contribution in [0.2, 0.25) is 15.3 Å². The Morgan fingerprint density at radius 2 is 1.83 bits per heavy atom. The van der Waals surface area contributed by atoms with Gasteiger partial charge in [-0.3, -0.25) is 4.57 Å². The minimum atomic E-state index is 0.303. The highest BCUT2D eigenvalue weighted by Gasteiger charge is 2.31. The Morgan fingerprint density at radius 3 is 2.50 bits per heavy atom. The summed E-state index contributed by atoms with van der Waals surface area (Å²) in [5.74, 6) is 1.27. The molecule has 7 heteroatoms. The van der Waals surface area contributed by atoms with Crippen molar-refractivity contribution in [2.75, 3.05) is 0 Å². The summed E-state index contributed by atoms with van der Waals surface area (Å²) >= 11 is 21.8. The van der Waals surface area contributed by atoms with Crippen LogP contribution < -0.4 is 0 Å². The van der Waals surface area contributed by atoms with Crippen molar-refractivity contribution < 1.29 is 0 Å². The van der Waals surface area contributed by atoms with Gasteiger partial charge in [-0.1, -0.05) is 23.2 Å². The fraction of sp³-hybridized carbons (Fsp3) is 0.273. The molecule has 0 unspecified atom stereocenters. The molecule has 1 aliphatic rings. The third-order valence-electron chi connectivity index (χ3n) is 2.85. The molecule has 0 N–H and O–H groups in total. The zero-order valence-electron chi connectivity index (χ0n) is 9.00. The summed E-state index contributed by atoms with van der Waals surface area (Å²) in [7, 11) is 0. The minimum absolute atomic E-state index is 0.303. The minimum Gasteiger partial charge on any atom is -0.268 e. The van der Waals surface area contributed by atoms with E-state index in [1.165, 1.54) is 0 Å². The van der Waals surface area contributed by atoms with Crippen molar-refractivity contribution in [3.63, 3.8) is 0 Å². The van der Waals surface area contributed by atoms with Crippen LogP contribution >= 0.6 is 50.7 Å². The molecule has 1 saturated carbocycles. The van der Waals surface area contributed by atoms with Crippen molar-refractivity contribution in [3.05, 3.63) is 37.8 Å². The Labute approximate surface area is 127 Å². The maximum absolute atomic E-state index is 6.26. The summed E-state index contributed by atoms with van der Waals surface area (Å²) in [4.78, 5) is 0. The molecule has 0 saturated heterocycles. The molecule has 94 valence electrons. The van der Waals surface area contributed by atoms with Gasteiger partial charge < -0.3 is 0 Å². The van der Waals surface area contributed by atoms with Gasteiger partial charge >= 0.3 is 0 Å². The highest BCUT2D eigenvalue weighted by atomic mass is 79.9. The maximum Gasteiger partial charge on any atom is 0.229 e. The molecular formula is C11H7BrCl3N3. The van der Waals surface area contributed by atoms with Gasteiger partial charge in [0.1, 0.15) is 5.82 Å². The lowest BCUT2D eigenvalue weighted by Crippen LogP contribution is -2.01. The van der Waals surface area contributed by atoms with E-state index in [4.69, 9.17) is 34.8 Å². The monoisotopic (exact) mass is 365 g/mol. The lowest BCUT2D eigenvalue weighted by molar-refractivity contribution is 0.872. The van der Waals surface area contributed by atoms with Crippen molar-refractivity contribution in [2.45, 2.75) is 18.8 Å². The summed E-state index contributed by atoms with van der Waals surface area (Å²) in [5.41, 5.74) is 0.710. The fourth-order valence-corrected chi connectivity index (χ4v) is 2.86. The quantitative estimate of drug-likeness (QED) is 0.709. The Kier molecular flexibility index (Phi) is 3.30. The van der Waals surface area contributed by atoms with E-state index < -0.39 is 0 Å². The van der Waals surface area contributed by atoms with Gasteiger partial charge in [-0.05, 0) is 52.5 Å². The van der Waals surface area contributed by atoms with Crippen LogP contribution in [0.3, 0.4) is 0 Å². The van der Waals surface area contributed by atoms with Gasteiger partial charge in [-0.25, -0.2) is 0 Å². The topological polar surface area (TPSA) is 30.7 Å². The van der Waals surface area contributed by atoms with Crippen LogP contribution in [-0.4, -0.2) is 14.8 Å². The molecule has 0 aliphatic heterocycles. The van der Waals surface area contributed by atoms with Gasteiger partial charge in [0.2, 0.25) is 5.28 Å². The lowest BCUT2D eigenvalue weighted by Gasteiger charge is -2.11. The van der Waals surface area contributed by atoms with Crippen molar-refractivity contribution in [1.82, 2.24) is 14.8 Å². The van der Waals surface area contributed by atoms with Crippen molar-refractivity contribution >= 4 is 50.7 Å². The second-order valence-electron chi connectivity index (χ2n) is 4.13. The van der Waals surface area contributed by atoms with E-state index in [1.54, 1.807) is 4.57 Å². The SMILES string of the molecule is Clc1c(Br)ccc(-n2c(Cl)nnc2C2CC2)c1Cl. The molecule has 2 aromatic rings. The molecule has 3 rings (SSSR count). The number of hydrogen-bond acceptors (Lipinski definition) is 2. The fourth-order valence-electron chi connectivity index (χ4n) is 1.79. The molecule has 1 aromatic carbocycles. The third kappa shape index (κ3) is 2.05.